The van der Waals surface area contributed by atoms with Crippen LogP contribution in [0.25, 0.3) is 0 Å². The summed E-state index contributed by atoms with van der Waals surface area (Å²) in [6.45, 7) is 14.2. The van der Waals surface area contributed by atoms with E-state index in [-0.39, 0.29) is 24.4 Å². The topological polar surface area (TPSA) is 9.23 Å². The highest BCUT2D eigenvalue weighted by Crippen LogP contribution is 2.12. The van der Waals surface area contributed by atoms with Crippen molar-refractivity contribution >= 4 is 25.9 Å². The predicted octanol–water partition coefficient (Wildman–Crippen LogP) is 3.53. The number of hydrogen-bond acceptors (Lipinski definition) is 1. The fourth-order valence-corrected chi connectivity index (χ4v) is 9.77. The Labute approximate surface area is 96.6 Å². The van der Waals surface area contributed by atoms with E-state index in [9.17, 15) is 0 Å². The van der Waals surface area contributed by atoms with E-state index in [0.29, 0.717) is 0 Å². The highest BCUT2D eigenvalue weighted by atomic mass is 28.4. The normalized spacial score (nSPS) is 12.4. The van der Waals surface area contributed by atoms with E-state index in [1.54, 1.807) is 0 Å². The maximum atomic E-state index is 6.07. The van der Waals surface area contributed by atoms with Crippen molar-refractivity contribution in [3.05, 3.63) is 0 Å². The number of rotatable bonds is 5. The first kappa shape index (κ1) is 20.1. The Balaban J connectivity index is -0.000000605. The molecule has 0 saturated heterocycles. The van der Waals surface area contributed by atoms with Crippen LogP contribution < -0.4 is 0 Å². The molecule has 0 aromatic rings. The molecule has 0 radical (unpaired) electrons. The van der Waals surface area contributed by atoms with Gasteiger partial charge in [0, 0.05) is 15.7 Å². The molecule has 90 valence electrons. The SMILES string of the molecule is C.C.C[SiH2]C[Si](C)(C)OC[Si](C)(C)C. The number of hydrogen-bond donors (Lipinski definition) is 0. The van der Waals surface area contributed by atoms with Gasteiger partial charge in [-0.25, -0.2) is 0 Å². The van der Waals surface area contributed by atoms with Gasteiger partial charge in [0.15, 0.2) is 8.32 Å². The van der Waals surface area contributed by atoms with E-state index in [1.165, 1.54) is 5.67 Å². The summed E-state index contributed by atoms with van der Waals surface area (Å²) < 4.78 is 6.07. The largest absolute Gasteiger partial charge is 0.421 e. The van der Waals surface area contributed by atoms with Crippen molar-refractivity contribution in [3.63, 3.8) is 0 Å². The van der Waals surface area contributed by atoms with Crippen LogP contribution >= 0.6 is 0 Å². The third-order valence-electron chi connectivity index (χ3n) is 1.75. The predicted molar refractivity (Wildman–Crippen MR) is 79.5 cm³/mol. The fourth-order valence-electron chi connectivity index (χ4n) is 1.09. The Morgan fingerprint density at radius 2 is 1.43 bits per heavy atom. The summed E-state index contributed by atoms with van der Waals surface area (Å²) in [5.41, 5.74) is 1.44. The molecule has 1 nitrogen and oxygen atoms in total. The van der Waals surface area contributed by atoms with Crippen LogP contribution in [0.5, 0.6) is 0 Å². The fraction of sp³-hybridized carbons (Fsp3) is 1.00. The van der Waals surface area contributed by atoms with Gasteiger partial charge in [-0.3, -0.25) is 0 Å². The lowest BCUT2D eigenvalue weighted by Crippen LogP contribution is -2.39. The third kappa shape index (κ3) is 12.6. The second kappa shape index (κ2) is 7.84. The van der Waals surface area contributed by atoms with E-state index >= 15 is 0 Å². The zero-order valence-electron chi connectivity index (χ0n) is 9.53. The van der Waals surface area contributed by atoms with Gasteiger partial charge in [-0.1, -0.05) is 41.0 Å². The van der Waals surface area contributed by atoms with Gasteiger partial charge >= 0.3 is 0 Å². The molecule has 14 heavy (non-hydrogen) atoms. The van der Waals surface area contributed by atoms with Crippen LogP contribution in [-0.2, 0) is 4.43 Å². The lowest BCUT2D eigenvalue weighted by molar-refractivity contribution is 0.371. The van der Waals surface area contributed by atoms with Crippen LogP contribution in [0.15, 0.2) is 0 Å². The van der Waals surface area contributed by atoms with Crippen LogP contribution in [0.2, 0.25) is 44.9 Å². The third-order valence-corrected chi connectivity index (χ3v) is 10.8. The maximum absolute atomic E-state index is 6.07. The molecule has 0 amide bonds. The average molecular weight is 253 g/mol. The van der Waals surface area contributed by atoms with E-state index in [1.807, 2.05) is 0 Å². The molecule has 0 aliphatic carbocycles. The molecule has 0 aromatic heterocycles. The minimum absolute atomic E-state index is 0. The molecule has 0 unspecified atom stereocenters. The molecule has 0 aliphatic heterocycles. The molecule has 0 spiro atoms. The van der Waals surface area contributed by atoms with Crippen molar-refractivity contribution in [3.8, 4) is 0 Å². The van der Waals surface area contributed by atoms with E-state index in [2.05, 4.69) is 39.3 Å². The van der Waals surface area contributed by atoms with Crippen molar-refractivity contribution in [2.75, 3.05) is 6.23 Å². The molecular formula is C10H32OSi3. The molecule has 0 N–H and O–H groups in total. The zero-order valence-corrected chi connectivity index (χ0v) is 12.9. The van der Waals surface area contributed by atoms with Gasteiger partial charge in [0.25, 0.3) is 0 Å². The standard InChI is InChI=1S/C8H24OSi3.2CH4/c1-10-8-12(5,6)9-7-11(2,3)4;;/h7-8,10H2,1-6H3;2*1H4. The van der Waals surface area contributed by atoms with Crippen LogP contribution in [0.3, 0.4) is 0 Å². The van der Waals surface area contributed by atoms with Crippen molar-refractivity contribution < 1.29 is 4.43 Å². The Bertz CT molecular complexity index is 130. The van der Waals surface area contributed by atoms with Crippen LogP contribution in [0.4, 0.5) is 0 Å². The minimum Gasteiger partial charge on any atom is -0.421 e. The first-order valence-corrected chi connectivity index (χ1v) is 14.1. The molecule has 0 aromatic carbocycles. The summed E-state index contributed by atoms with van der Waals surface area (Å²) in [4.78, 5) is 0. The van der Waals surface area contributed by atoms with Crippen molar-refractivity contribution in [2.45, 2.75) is 59.8 Å². The monoisotopic (exact) mass is 252 g/mol. The molecule has 0 aliphatic rings. The van der Waals surface area contributed by atoms with Gasteiger partial charge in [-0.05, 0) is 18.8 Å². The lowest BCUT2D eigenvalue weighted by atomic mass is 11.7. The Morgan fingerprint density at radius 3 is 1.71 bits per heavy atom. The summed E-state index contributed by atoms with van der Waals surface area (Å²) in [6, 6.07) is 0. The van der Waals surface area contributed by atoms with Gasteiger partial charge in [0.2, 0.25) is 0 Å². The van der Waals surface area contributed by atoms with E-state index in [0.717, 1.165) is 6.23 Å². The van der Waals surface area contributed by atoms with Crippen molar-refractivity contribution in [2.24, 2.45) is 0 Å². The van der Waals surface area contributed by atoms with Gasteiger partial charge in [-0.2, -0.15) is 0 Å². The molecule has 0 heterocycles. The van der Waals surface area contributed by atoms with Crippen LogP contribution in [0.1, 0.15) is 14.9 Å². The minimum atomic E-state index is -1.22. The Hall–Kier alpha value is 0.611. The second-order valence-electron chi connectivity index (χ2n) is 5.36. The average Bonchev–Trinajstić information content (AvgIpc) is 1.83. The zero-order chi connectivity index (χ0) is 9.83. The molecule has 0 rings (SSSR count). The molecule has 4 heteroatoms. The summed E-state index contributed by atoms with van der Waals surface area (Å²) in [6.07, 6.45) is 1.07. The summed E-state index contributed by atoms with van der Waals surface area (Å²) in [7, 11) is -1.99. The second-order valence-corrected chi connectivity index (χ2v) is 17.6. The first-order chi connectivity index (χ1) is 5.27. The van der Waals surface area contributed by atoms with Crippen molar-refractivity contribution in [1.29, 1.82) is 0 Å². The maximum Gasteiger partial charge on any atom is 0.183 e. The van der Waals surface area contributed by atoms with Gasteiger partial charge in [-0.15, -0.1) is 0 Å². The first-order valence-electron chi connectivity index (χ1n) is 4.91. The molecule has 0 fully saturated rings. The van der Waals surface area contributed by atoms with Crippen LogP contribution in [-0.4, -0.2) is 32.1 Å². The molecule has 0 atom stereocenters. The molecular weight excluding hydrogens is 220 g/mol. The summed E-state index contributed by atoms with van der Waals surface area (Å²) >= 11 is 0. The quantitative estimate of drug-likeness (QED) is 0.680. The Kier molecular flexibility index (Phi) is 11.3. The molecule has 0 saturated carbocycles. The Morgan fingerprint density at radius 1 is 1.00 bits per heavy atom. The van der Waals surface area contributed by atoms with E-state index < -0.39 is 16.4 Å². The smallest absolute Gasteiger partial charge is 0.183 e. The lowest BCUT2D eigenvalue weighted by Gasteiger charge is -2.26. The van der Waals surface area contributed by atoms with Gasteiger partial charge in [0.05, 0.1) is 8.07 Å². The highest BCUT2D eigenvalue weighted by molar-refractivity contribution is 6.81. The van der Waals surface area contributed by atoms with Crippen LogP contribution in [0, 0.1) is 0 Å². The molecule has 0 bridgehead atoms. The summed E-state index contributed by atoms with van der Waals surface area (Å²) in [5.74, 6) is 0. The summed E-state index contributed by atoms with van der Waals surface area (Å²) in [5, 5.41) is 0. The van der Waals surface area contributed by atoms with E-state index in [4.69, 9.17) is 4.43 Å². The van der Waals surface area contributed by atoms with Gasteiger partial charge in [0.1, 0.15) is 0 Å². The van der Waals surface area contributed by atoms with Gasteiger partial charge < -0.3 is 4.43 Å². The highest BCUT2D eigenvalue weighted by Gasteiger charge is 2.24. The van der Waals surface area contributed by atoms with Crippen molar-refractivity contribution in [1.82, 2.24) is 0 Å².